The SMILES string of the molecule is Cn1c(=O)oc2cc(S(=O)(=O)N3CCc4c(nc[nH]c4=O)C3)ccc21. The first-order valence-corrected chi connectivity index (χ1v) is 8.97. The van der Waals surface area contributed by atoms with Gasteiger partial charge in [0.25, 0.3) is 5.56 Å². The minimum atomic E-state index is -3.80. The predicted molar refractivity (Wildman–Crippen MR) is 87.6 cm³/mol. The molecule has 0 spiro atoms. The summed E-state index contributed by atoms with van der Waals surface area (Å²) in [7, 11) is -2.25. The van der Waals surface area contributed by atoms with Gasteiger partial charge < -0.3 is 9.40 Å². The molecule has 1 aromatic carbocycles. The number of fused-ring (bicyclic) bond motifs is 2. The number of sulfonamides is 1. The van der Waals surface area contributed by atoms with E-state index in [1.807, 2.05) is 0 Å². The Labute approximate surface area is 141 Å². The molecule has 0 radical (unpaired) electrons. The molecule has 0 saturated heterocycles. The van der Waals surface area contributed by atoms with Gasteiger partial charge in [-0.25, -0.2) is 18.2 Å². The molecule has 3 heterocycles. The fourth-order valence-electron chi connectivity index (χ4n) is 2.97. The summed E-state index contributed by atoms with van der Waals surface area (Å²) >= 11 is 0. The minimum Gasteiger partial charge on any atom is -0.408 e. The molecule has 1 aliphatic rings. The molecule has 0 bridgehead atoms. The standard InChI is InChI=1S/C15H14N4O5S/c1-18-12-3-2-9(6-13(12)24-15(18)21)25(22,23)19-5-4-10-11(7-19)16-8-17-14(10)20/h2-3,6,8H,4-5,7H2,1H3,(H,16,17,20). The van der Waals surface area contributed by atoms with Crippen molar-refractivity contribution in [3.8, 4) is 0 Å². The van der Waals surface area contributed by atoms with Crippen molar-refractivity contribution < 1.29 is 12.8 Å². The van der Waals surface area contributed by atoms with Crippen molar-refractivity contribution in [3.05, 3.63) is 56.7 Å². The van der Waals surface area contributed by atoms with E-state index < -0.39 is 15.8 Å². The summed E-state index contributed by atoms with van der Waals surface area (Å²) in [5, 5.41) is 0. The molecule has 0 saturated carbocycles. The molecule has 0 unspecified atom stereocenters. The lowest BCUT2D eigenvalue weighted by Gasteiger charge is -2.26. The second kappa shape index (κ2) is 5.39. The molecule has 0 aliphatic carbocycles. The fourth-order valence-corrected chi connectivity index (χ4v) is 4.39. The normalized spacial score (nSPS) is 15.4. The number of hydrogen-bond acceptors (Lipinski definition) is 6. The molecule has 9 nitrogen and oxygen atoms in total. The van der Waals surface area contributed by atoms with Crippen molar-refractivity contribution in [2.45, 2.75) is 17.9 Å². The summed E-state index contributed by atoms with van der Waals surface area (Å²) in [5.74, 6) is -0.556. The molecular formula is C15H14N4O5S. The van der Waals surface area contributed by atoms with E-state index in [2.05, 4.69) is 9.97 Å². The van der Waals surface area contributed by atoms with E-state index in [0.29, 0.717) is 23.2 Å². The number of benzene rings is 1. The number of oxazole rings is 1. The molecule has 10 heteroatoms. The van der Waals surface area contributed by atoms with Crippen molar-refractivity contribution in [2.75, 3.05) is 6.54 Å². The van der Waals surface area contributed by atoms with Gasteiger partial charge in [0.15, 0.2) is 5.58 Å². The third-order valence-electron chi connectivity index (χ3n) is 4.38. The van der Waals surface area contributed by atoms with Gasteiger partial charge in [-0.05, 0) is 18.6 Å². The first-order valence-electron chi connectivity index (χ1n) is 7.53. The van der Waals surface area contributed by atoms with Crippen LogP contribution in [-0.4, -0.2) is 33.8 Å². The Morgan fingerprint density at radius 3 is 2.88 bits per heavy atom. The van der Waals surface area contributed by atoms with E-state index >= 15 is 0 Å². The lowest BCUT2D eigenvalue weighted by molar-refractivity contribution is 0.383. The molecule has 1 aliphatic heterocycles. The Balaban J connectivity index is 1.75. The van der Waals surface area contributed by atoms with E-state index in [9.17, 15) is 18.0 Å². The van der Waals surface area contributed by atoms with Gasteiger partial charge in [-0.2, -0.15) is 4.31 Å². The van der Waals surface area contributed by atoms with Crippen LogP contribution in [0.5, 0.6) is 0 Å². The highest BCUT2D eigenvalue weighted by Crippen LogP contribution is 2.24. The first-order chi connectivity index (χ1) is 11.9. The Kier molecular flexibility index (Phi) is 3.41. The average Bonchev–Trinajstić information content (AvgIpc) is 2.88. The lowest BCUT2D eigenvalue weighted by Crippen LogP contribution is -2.38. The molecule has 25 heavy (non-hydrogen) atoms. The van der Waals surface area contributed by atoms with Gasteiger partial charge in [0.2, 0.25) is 10.0 Å². The number of aryl methyl sites for hydroxylation is 1. The van der Waals surface area contributed by atoms with Gasteiger partial charge in [-0.1, -0.05) is 0 Å². The third kappa shape index (κ3) is 2.41. The number of H-pyrrole nitrogens is 1. The van der Waals surface area contributed by atoms with Gasteiger partial charge >= 0.3 is 5.76 Å². The highest BCUT2D eigenvalue weighted by Gasteiger charge is 2.30. The van der Waals surface area contributed by atoms with Gasteiger partial charge in [0.1, 0.15) is 0 Å². The zero-order chi connectivity index (χ0) is 17.8. The molecule has 130 valence electrons. The smallest absolute Gasteiger partial charge is 0.408 e. The molecule has 0 atom stereocenters. The highest BCUT2D eigenvalue weighted by molar-refractivity contribution is 7.89. The van der Waals surface area contributed by atoms with Gasteiger partial charge in [0.05, 0.1) is 29.0 Å². The summed E-state index contributed by atoms with van der Waals surface area (Å²) in [6.45, 7) is 0.208. The third-order valence-corrected chi connectivity index (χ3v) is 6.22. The first kappa shape index (κ1) is 15.8. The van der Waals surface area contributed by atoms with Gasteiger partial charge in [0, 0.05) is 25.2 Å². The van der Waals surface area contributed by atoms with Crippen molar-refractivity contribution in [1.82, 2.24) is 18.8 Å². The average molecular weight is 362 g/mol. The Morgan fingerprint density at radius 1 is 1.28 bits per heavy atom. The highest BCUT2D eigenvalue weighted by atomic mass is 32.2. The van der Waals surface area contributed by atoms with Crippen LogP contribution in [0.25, 0.3) is 11.1 Å². The molecule has 3 aromatic rings. The van der Waals surface area contributed by atoms with Crippen LogP contribution in [0.3, 0.4) is 0 Å². The van der Waals surface area contributed by atoms with Crippen LogP contribution >= 0.6 is 0 Å². The van der Waals surface area contributed by atoms with Gasteiger partial charge in [-0.15, -0.1) is 0 Å². The van der Waals surface area contributed by atoms with Crippen LogP contribution in [0.1, 0.15) is 11.3 Å². The van der Waals surface area contributed by atoms with E-state index in [4.69, 9.17) is 4.42 Å². The Hall–Kier alpha value is -2.72. The van der Waals surface area contributed by atoms with Crippen LogP contribution in [0.4, 0.5) is 0 Å². The summed E-state index contributed by atoms with van der Waals surface area (Å²) in [4.78, 5) is 29.9. The quantitative estimate of drug-likeness (QED) is 0.683. The topological polar surface area (TPSA) is 118 Å². The van der Waals surface area contributed by atoms with Crippen LogP contribution in [0.2, 0.25) is 0 Å². The zero-order valence-electron chi connectivity index (χ0n) is 13.2. The molecule has 0 fully saturated rings. The van der Waals surface area contributed by atoms with Crippen molar-refractivity contribution in [3.63, 3.8) is 0 Å². The molecule has 1 N–H and O–H groups in total. The van der Waals surface area contributed by atoms with Gasteiger partial charge in [-0.3, -0.25) is 9.36 Å². The van der Waals surface area contributed by atoms with Crippen molar-refractivity contribution >= 4 is 21.1 Å². The molecule has 2 aromatic heterocycles. The maximum Gasteiger partial charge on any atom is 0.419 e. The monoisotopic (exact) mass is 362 g/mol. The van der Waals surface area contributed by atoms with Crippen molar-refractivity contribution in [1.29, 1.82) is 0 Å². The number of hydrogen-bond donors (Lipinski definition) is 1. The second-order valence-corrected chi connectivity index (χ2v) is 7.74. The summed E-state index contributed by atoms with van der Waals surface area (Å²) < 4.78 is 33.4. The number of aromatic nitrogens is 3. The lowest BCUT2D eigenvalue weighted by atomic mass is 10.1. The van der Waals surface area contributed by atoms with Crippen LogP contribution in [0, 0.1) is 0 Å². The number of aromatic amines is 1. The summed E-state index contributed by atoms with van der Waals surface area (Å²) in [6.07, 6.45) is 1.56. The van der Waals surface area contributed by atoms with E-state index in [0.717, 1.165) is 0 Å². The fraction of sp³-hybridized carbons (Fsp3) is 0.267. The van der Waals surface area contributed by atoms with E-state index in [-0.39, 0.29) is 29.1 Å². The largest absolute Gasteiger partial charge is 0.419 e. The number of nitrogens with zero attached hydrogens (tertiary/aromatic N) is 3. The minimum absolute atomic E-state index is 0.0262. The number of nitrogens with one attached hydrogen (secondary N) is 1. The van der Waals surface area contributed by atoms with E-state index in [1.54, 1.807) is 7.05 Å². The van der Waals surface area contributed by atoms with Crippen LogP contribution < -0.4 is 11.3 Å². The van der Waals surface area contributed by atoms with Crippen LogP contribution in [-0.2, 0) is 30.0 Å². The Morgan fingerprint density at radius 2 is 2.08 bits per heavy atom. The second-order valence-electron chi connectivity index (χ2n) is 5.80. The molecular weight excluding hydrogens is 348 g/mol. The maximum atomic E-state index is 12.9. The molecule has 4 rings (SSSR count). The summed E-state index contributed by atoms with van der Waals surface area (Å²) in [5.41, 5.74) is 1.44. The Bertz CT molecular complexity index is 1200. The number of rotatable bonds is 2. The predicted octanol–water partition coefficient (Wildman–Crippen LogP) is -0.0382. The van der Waals surface area contributed by atoms with Crippen LogP contribution in [0.15, 0.2) is 43.4 Å². The molecule has 0 amide bonds. The zero-order valence-corrected chi connectivity index (χ0v) is 14.0. The summed E-state index contributed by atoms with van der Waals surface area (Å²) in [6, 6.07) is 4.31. The maximum absolute atomic E-state index is 12.9. The van der Waals surface area contributed by atoms with Crippen molar-refractivity contribution in [2.24, 2.45) is 7.05 Å². The van der Waals surface area contributed by atoms with E-state index in [1.165, 1.54) is 33.4 Å².